The Hall–Kier alpha value is -1.38. The van der Waals surface area contributed by atoms with Gasteiger partial charge in [-0.2, -0.15) is 0 Å². The molecule has 0 saturated carbocycles. The molecule has 2 aromatic heterocycles. The number of nitrogens with zero attached hydrogens (tertiary/aromatic N) is 3. The Bertz CT molecular complexity index is 975. The van der Waals surface area contributed by atoms with Crippen molar-refractivity contribution in [3.05, 3.63) is 20.8 Å². The Kier molecular flexibility index (Phi) is 8.21. The van der Waals surface area contributed by atoms with Crippen LogP contribution in [0.1, 0.15) is 51.0 Å². The molecule has 2 aromatic rings. The molecule has 1 saturated heterocycles. The zero-order chi connectivity index (χ0) is 22.7. The number of thioether (sulfide) groups is 1. The summed E-state index contributed by atoms with van der Waals surface area (Å²) in [4.78, 5) is 35.3. The summed E-state index contributed by atoms with van der Waals surface area (Å²) in [5.74, 6) is 1.18. The van der Waals surface area contributed by atoms with Crippen molar-refractivity contribution in [1.82, 2.24) is 14.5 Å². The fourth-order valence-electron chi connectivity index (χ4n) is 4.37. The third-order valence-corrected chi connectivity index (χ3v) is 8.12. The molecule has 6 nitrogen and oxygen atoms in total. The largest absolute Gasteiger partial charge is 0.382 e. The Morgan fingerprint density at radius 2 is 1.97 bits per heavy atom. The number of hydrogen-bond donors (Lipinski definition) is 0. The van der Waals surface area contributed by atoms with Gasteiger partial charge in [0.15, 0.2) is 5.16 Å². The average molecular weight is 466 g/mol. The van der Waals surface area contributed by atoms with E-state index in [0.29, 0.717) is 42.1 Å². The second kappa shape index (κ2) is 10.5. The number of carbonyl (C=O) groups is 1. The molecular formula is C23H35N3O3S2. The maximum atomic E-state index is 13.4. The topological polar surface area (TPSA) is 64.4 Å². The maximum Gasteiger partial charge on any atom is 0.263 e. The Labute approximate surface area is 193 Å². The van der Waals surface area contributed by atoms with E-state index in [2.05, 4.69) is 13.8 Å². The highest BCUT2D eigenvalue weighted by molar-refractivity contribution is 8.00. The number of carbonyl (C=O) groups excluding carboxylic acids is 1. The molecule has 1 aliphatic heterocycles. The number of ether oxygens (including phenoxy) is 1. The maximum absolute atomic E-state index is 13.4. The normalized spacial score (nSPS) is 20.4. The minimum Gasteiger partial charge on any atom is -0.382 e. The number of fused-ring (bicyclic) bond motifs is 1. The first-order valence-corrected chi connectivity index (χ1v) is 13.0. The molecule has 1 amide bonds. The SMILES string of the molecule is CCOCCCn1c(S[C@H](C)C(=O)N2C[C@H](C)C[C@@H](C)C2)nc2sc(C)c(C)c2c1=O. The zero-order valence-electron chi connectivity index (χ0n) is 19.6. The molecule has 0 bridgehead atoms. The molecule has 8 heteroatoms. The van der Waals surface area contributed by atoms with E-state index in [1.807, 2.05) is 32.6 Å². The molecule has 0 N–H and O–H groups in total. The van der Waals surface area contributed by atoms with Crippen molar-refractivity contribution in [2.75, 3.05) is 26.3 Å². The monoisotopic (exact) mass is 465 g/mol. The van der Waals surface area contributed by atoms with Gasteiger partial charge in [-0.05, 0) is 57.9 Å². The van der Waals surface area contributed by atoms with Gasteiger partial charge in [0, 0.05) is 37.7 Å². The van der Waals surface area contributed by atoms with Crippen LogP contribution in [0, 0.1) is 25.7 Å². The van der Waals surface area contributed by atoms with E-state index in [-0.39, 0.29) is 16.7 Å². The van der Waals surface area contributed by atoms with E-state index in [4.69, 9.17) is 9.72 Å². The highest BCUT2D eigenvalue weighted by atomic mass is 32.2. The number of hydrogen-bond acceptors (Lipinski definition) is 6. The molecule has 31 heavy (non-hydrogen) atoms. The Morgan fingerprint density at radius 1 is 1.29 bits per heavy atom. The van der Waals surface area contributed by atoms with Gasteiger partial charge in [0.2, 0.25) is 5.91 Å². The van der Waals surface area contributed by atoms with Crippen molar-refractivity contribution >= 4 is 39.2 Å². The zero-order valence-corrected chi connectivity index (χ0v) is 21.2. The second-order valence-corrected chi connectivity index (χ2v) is 11.3. The van der Waals surface area contributed by atoms with Gasteiger partial charge in [-0.1, -0.05) is 25.6 Å². The molecule has 3 rings (SSSR count). The van der Waals surface area contributed by atoms with Crippen LogP contribution in [-0.4, -0.2) is 51.9 Å². The molecule has 3 heterocycles. The molecule has 1 aliphatic rings. The van der Waals surface area contributed by atoms with Gasteiger partial charge >= 0.3 is 0 Å². The highest BCUT2D eigenvalue weighted by Crippen LogP contribution is 2.31. The van der Waals surface area contributed by atoms with Gasteiger partial charge in [-0.25, -0.2) is 4.98 Å². The van der Waals surface area contributed by atoms with Gasteiger partial charge in [-0.15, -0.1) is 11.3 Å². The lowest BCUT2D eigenvalue weighted by Gasteiger charge is -2.36. The van der Waals surface area contributed by atoms with E-state index in [9.17, 15) is 9.59 Å². The molecular weight excluding hydrogens is 430 g/mol. The number of piperidine rings is 1. The lowest BCUT2D eigenvalue weighted by atomic mass is 9.92. The van der Waals surface area contributed by atoms with E-state index in [0.717, 1.165) is 34.8 Å². The van der Waals surface area contributed by atoms with Crippen molar-refractivity contribution in [3.8, 4) is 0 Å². The standard InChI is InChI=1S/C23H35N3O3S2/c1-7-29-10-8-9-26-22(28)19-16(4)17(5)30-20(19)24-23(26)31-18(6)21(27)25-12-14(2)11-15(3)13-25/h14-15,18H,7-13H2,1-6H3/t14-,15-,18-/m1/s1. The first kappa shape index (κ1) is 24.3. The van der Waals surface area contributed by atoms with Gasteiger partial charge in [-0.3, -0.25) is 14.2 Å². The molecule has 172 valence electrons. The van der Waals surface area contributed by atoms with Gasteiger partial charge in [0.25, 0.3) is 5.56 Å². The molecule has 0 radical (unpaired) electrons. The van der Waals surface area contributed by atoms with Crippen molar-refractivity contribution in [2.24, 2.45) is 11.8 Å². The summed E-state index contributed by atoms with van der Waals surface area (Å²) < 4.78 is 7.21. The average Bonchev–Trinajstić information content (AvgIpc) is 2.99. The summed E-state index contributed by atoms with van der Waals surface area (Å²) in [7, 11) is 0. The van der Waals surface area contributed by atoms with Crippen molar-refractivity contribution < 1.29 is 9.53 Å². The van der Waals surface area contributed by atoms with Crippen molar-refractivity contribution in [1.29, 1.82) is 0 Å². The summed E-state index contributed by atoms with van der Waals surface area (Å²) in [6, 6.07) is 0. The summed E-state index contributed by atoms with van der Waals surface area (Å²) in [5.41, 5.74) is 0.999. The van der Waals surface area contributed by atoms with Gasteiger partial charge < -0.3 is 9.64 Å². The molecule has 0 unspecified atom stereocenters. The number of likely N-dealkylation sites (tertiary alicyclic amines) is 1. The lowest BCUT2D eigenvalue weighted by Crippen LogP contribution is -2.45. The number of aromatic nitrogens is 2. The van der Waals surface area contributed by atoms with Crippen LogP contribution in [0.15, 0.2) is 9.95 Å². The quantitative estimate of drug-likeness (QED) is 0.327. The van der Waals surface area contributed by atoms with Gasteiger partial charge in [0.1, 0.15) is 4.83 Å². The number of rotatable bonds is 8. The van der Waals surface area contributed by atoms with Crippen LogP contribution >= 0.6 is 23.1 Å². The van der Waals surface area contributed by atoms with Crippen molar-refractivity contribution in [3.63, 3.8) is 0 Å². The minimum atomic E-state index is -0.290. The summed E-state index contributed by atoms with van der Waals surface area (Å²) >= 11 is 2.96. The number of aryl methyl sites for hydroxylation is 2. The van der Waals surface area contributed by atoms with Crippen LogP contribution in [0.3, 0.4) is 0 Å². The third kappa shape index (κ3) is 5.52. The van der Waals surface area contributed by atoms with Crippen LogP contribution in [0.25, 0.3) is 10.2 Å². The molecule has 3 atom stereocenters. The fraction of sp³-hybridized carbons (Fsp3) is 0.696. The fourth-order valence-corrected chi connectivity index (χ4v) is 6.46. The van der Waals surface area contributed by atoms with E-state index in [1.165, 1.54) is 18.2 Å². The Morgan fingerprint density at radius 3 is 2.61 bits per heavy atom. The predicted octanol–water partition coefficient (Wildman–Crippen LogP) is 4.49. The molecule has 0 aromatic carbocycles. The van der Waals surface area contributed by atoms with Crippen LogP contribution < -0.4 is 5.56 Å². The minimum absolute atomic E-state index is 0.00860. The lowest BCUT2D eigenvalue weighted by molar-refractivity contribution is -0.132. The molecule has 0 spiro atoms. The second-order valence-electron chi connectivity index (χ2n) is 8.81. The third-order valence-electron chi connectivity index (χ3n) is 5.94. The van der Waals surface area contributed by atoms with Crippen LogP contribution in [0.4, 0.5) is 0 Å². The van der Waals surface area contributed by atoms with E-state index >= 15 is 0 Å². The van der Waals surface area contributed by atoms with Gasteiger partial charge in [0.05, 0.1) is 10.6 Å². The Balaban J connectivity index is 1.88. The van der Waals surface area contributed by atoms with Crippen LogP contribution in [0.5, 0.6) is 0 Å². The smallest absolute Gasteiger partial charge is 0.263 e. The molecule has 1 fully saturated rings. The number of amides is 1. The predicted molar refractivity (Wildman–Crippen MR) is 129 cm³/mol. The first-order chi connectivity index (χ1) is 14.7. The highest BCUT2D eigenvalue weighted by Gasteiger charge is 2.30. The first-order valence-electron chi connectivity index (χ1n) is 11.3. The summed E-state index contributed by atoms with van der Waals surface area (Å²) in [5, 5.41) is 1.05. The van der Waals surface area contributed by atoms with E-state index < -0.39 is 0 Å². The summed E-state index contributed by atoms with van der Waals surface area (Å²) in [6.45, 7) is 15.8. The van der Waals surface area contributed by atoms with Crippen molar-refractivity contribution in [2.45, 2.75) is 71.3 Å². The molecule has 0 aliphatic carbocycles. The van der Waals surface area contributed by atoms with Crippen LogP contribution in [-0.2, 0) is 16.1 Å². The number of thiophene rings is 1. The van der Waals surface area contributed by atoms with Crippen LogP contribution in [0.2, 0.25) is 0 Å². The van der Waals surface area contributed by atoms with E-state index in [1.54, 1.807) is 15.9 Å². The summed E-state index contributed by atoms with van der Waals surface area (Å²) in [6.07, 6.45) is 1.90.